The molecule has 0 fully saturated rings. The number of aryl methyl sites for hydroxylation is 2. The topological polar surface area (TPSA) is 58.1 Å². The quantitative estimate of drug-likeness (QED) is 0.739. The van der Waals surface area contributed by atoms with Crippen molar-refractivity contribution in [3.05, 3.63) is 77.7 Å². The maximum absolute atomic E-state index is 13.0. The summed E-state index contributed by atoms with van der Waals surface area (Å²) in [5, 5.41) is 3.25. The van der Waals surface area contributed by atoms with E-state index in [1.54, 1.807) is 11.0 Å². The van der Waals surface area contributed by atoms with Crippen LogP contribution in [0.15, 0.2) is 60.9 Å². The van der Waals surface area contributed by atoms with Gasteiger partial charge < -0.3 is 10.2 Å². The van der Waals surface area contributed by atoms with E-state index in [2.05, 4.69) is 15.3 Å². The Morgan fingerprint density at radius 2 is 1.85 bits per heavy atom. The number of para-hydroxylation sites is 1. The standard InChI is InChI=1S/C21H22N4O/c1-4-25(17-10-7-8-15(2)12-17)21(26)19-13-20(23-14-22-19)24-18-11-6-5-9-16(18)3/h5-14H,4H2,1-3H3,(H,22,23,24). The van der Waals surface area contributed by atoms with E-state index >= 15 is 0 Å². The molecule has 0 aliphatic rings. The first kappa shape index (κ1) is 17.6. The molecule has 0 aliphatic carbocycles. The fraction of sp³-hybridized carbons (Fsp3) is 0.190. The molecule has 3 rings (SSSR count). The number of nitrogens with one attached hydrogen (secondary N) is 1. The summed E-state index contributed by atoms with van der Waals surface area (Å²) in [4.78, 5) is 23.1. The number of anilines is 3. The van der Waals surface area contributed by atoms with E-state index in [0.29, 0.717) is 18.1 Å². The normalized spacial score (nSPS) is 10.4. The fourth-order valence-corrected chi connectivity index (χ4v) is 2.77. The molecule has 0 aliphatic heterocycles. The van der Waals surface area contributed by atoms with Crippen molar-refractivity contribution in [1.29, 1.82) is 0 Å². The van der Waals surface area contributed by atoms with Crippen LogP contribution >= 0.6 is 0 Å². The lowest BCUT2D eigenvalue weighted by molar-refractivity contribution is 0.0983. The summed E-state index contributed by atoms with van der Waals surface area (Å²) >= 11 is 0. The molecule has 1 N–H and O–H groups in total. The molecule has 0 spiro atoms. The minimum absolute atomic E-state index is 0.145. The van der Waals surface area contributed by atoms with Crippen LogP contribution in [-0.4, -0.2) is 22.4 Å². The monoisotopic (exact) mass is 346 g/mol. The van der Waals surface area contributed by atoms with Crippen molar-refractivity contribution in [3.63, 3.8) is 0 Å². The van der Waals surface area contributed by atoms with E-state index in [9.17, 15) is 4.79 Å². The molecule has 1 amide bonds. The largest absolute Gasteiger partial charge is 0.340 e. The maximum Gasteiger partial charge on any atom is 0.277 e. The Labute approximate surface area is 153 Å². The van der Waals surface area contributed by atoms with Crippen LogP contribution in [0.25, 0.3) is 0 Å². The molecule has 132 valence electrons. The van der Waals surface area contributed by atoms with Crippen molar-refractivity contribution < 1.29 is 4.79 Å². The average Bonchev–Trinajstić information content (AvgIpc) is 2.64. The number of hydrogen-bond acceptors (Lipinski definition) is 4. The Bertz CT molecular complexity index is 923. The summed E-state index contributed by atoms with van der Waals surface area (Å²) in [6.07, 6.45) is 1.41. The minimum Gasteiger partial charge on any atom is -0.340 e. The highest BCUT2D eigenvalue weighted by molar-refractivity contribution is 6.05. The van der Waals surface area contributed by atoms with E-state index in [0.717, 1.165) is 22.5 Å². The molecule has 0 atom stereocenters. The summed E-state index contributed by atoms with van der Waals surface area (Å²) in [5.74, 6) is 0.450. The van der Waals surface area contributed by atoms with Gasteiger partial charge in [0.1, 0.15) is 17.8 Å². The average molecular weight is 346 g/mol. The summed E-state index contributed by atoms with van der Waals surface area (Å²) in [6, 6.07) is 17.5. The van der Waals surface area contributed by atoms with Gasteiger partial charge in [-0.05, 0) is 50.1 Å². The molecule has 3 aromatic rings. The number of nitrogens with zero attached hydrogens (tertiary/aromatic N) is 3. The summed E-state index contributed by atoms with van der Waals surface area (Å²) in [7, 11) is 0. The molecule has 2 aromatic carbocycles. The lowest BCUT2D eigenvalue weighted by Crippen LogP contribution is -2.31. The van der Waals surface area contributed by atoms with Crippen LogP contribution in [-0.2, 0) is 0 Å². The number of carbonyl (C=O) groups is 1. The summed E-state index contributed by atoms with van der Waals surface area (Å²) < 4.78 is 0. The van der Waals surface area contributed by atoms with E-state index in [1.165, 1.54) is 6.33 Å². The second kappa shape index (κ2) is 7.78. The highest BCUT2D eigenvalue weighted by Gasteiger charge is 2.18. The molecule has 0 unspecified atom stereocenters. The first-order valence-electron chi connectivity index (χ1n) is 8.61. The molecule has 1 heterocycles. The molecule has 26 heavy (non-hydrogen) atoms. The number of amides is 1. The Kier molecular flexibility index (Phi) is 5.27. The van der Waals surface area contributed by atoms with E-state index in [1.807, 2.05) is 69.3 Å². The van der Waals surface area contributed by atoms with Crippen molar-refractivity contribution in [1.82, 2.24) is 9.97 Å². The van der Waals surface area contributed by atoms with Crippen LogP contribution < -0.4 is 10.2 Å². The molecular formula is C21H22N4O. The van der Waals surface area contributed by atoms with Gasteiger partial charge in [-0.15, -0.1) is 0 Å². The lowest BCUT2D eigenvalue weighted by Gasteiger charge is -2.21. The third kappa shape index (κ3) is 3.88. The first-order valence-corrected chi connectivity index (χ1v) is 8.61. The molecule has 0 bridgehead atoms. The van der Waals surface area contributed by atoms with Crippen LogP contribution in [0.3, 0.4) is 0 Å². The predicted molar refractivity (Wildman–Crippen MR) is 105 cm³/mol. The highest BCUT2D eigenvalue weighted by Crippen LogP contribution is 2.21. The molecule has 5 nitrogen and oxygen atoms in total. The molecule has 0 saturated carbocycles. The van der Waals surface area contributed by atoms with Crippen molar-refractivity contribution in [2.24, 2.45) is 0 Å². The second-order valence-corrected chi connectivity index (χ2v) is 6.12. The van der Waals surface area contributed by atoms with Gasteiger partial charge in [-0.3, -0.25) is 4.79 Å². The smallest absolute Gasteiger partial charge is 0.277 e. The SMILES string of the molecule is CCN(C(=O)c1cc(Nc2ccccc2C)ncn1)c1cccc(C)c1. The molecule has 1 aromatic heterocycles. The fourth-order valence-electron chi connectivity index (χ4n) is 2.77. The number of aromatic nitrogens is 2. The third-order valence-corrected chi connectivity index (χ3v) is 4.17. The molecule has 0 saturated heterocycles. The van der Waals surface area contributed by atoms with Gasteiger partial charge >= 0.3 is 0 Å². The Balaban J connectivity index is 1.86. The predicted octanol–water partition coefficient (Wildman–Crippen LogP) is 4.50. The number of rotatable bonds is 5. The first-order chi connectivity index (χ1) is 12.6. The third-order valence-electron chi connectivity index (χ3n) is 4.17. The Morgan fingerprint density at radius 1 is 1.04 bits per heavy atom. The summed E-state index contributed by atoms with van der Waals surface area (Å²) in [5.41, 5.74) is 4.40. The van der Waals surface area contributed by atoms with Gasteiger partial charge in [0.05, 0.1) is 0 Å². The van der Waals surface area contributed by atoms with Gasteiger partial charge in [0, 0.05) is 24.0 Å². The maximum atomic E-state index is 13.0. The zero-order valence-electron chi connectivity index (χ0n) is 15.2. The van der Waals surface area contributed by atoms with Crippen LogP contribution in [0, 0.1) is 13.8 Å². The van der Waals surface area contributed by atoms with Gasteiger partial charge in [-0.25, -0.2) is 9.97 Å². The lowest BCUT2D eigenvalue weighted by atomic mass is 10.2. The van der Waals surface area contributed by atoms with Crippen molar-refractivity contribution in [2.75, 3.05) is 16.8 Å². The molecular weight excluding hydrogens is 324 g/mol. The Morgan fingerprint density at radius 3 is 2.58 bits per heavy atom. The zero-order chi connectivity index (χ0) is 18.5. The number of benzene rings is 2. The molecule has 0 radical (unpaired) electrons. The van der Waals surface area contributed by atoms with Crippen molar-refractivity contribution in [2.45, 2.75) is 20.8 Å². The van der Waals surface area contributed by atoms with Gasteiger partial charge in [-0.1, -0.05) is 30.3 Å². The molecule has 5 heteroatoms. The Hall–Kier alpha value is -3.21. The van der Waals surface area contributed by atoms with Crippen LogP contribution in [0.4, 0.5) is 17.2 Å². The van der Waals surface area contributed by atoms with Gasteiger partial charge in [0.25, 0.3) is 5.91 Å². The van der Waals surface area contributed by atoms with Crippen molar-refractivity contribution >= 4 is 23.1 Å². The van der Waals surface area contributed by atoms with E-state index < -0.39 is 0 Å². The van der Waals surface area contributed by atoms with E-state index in [-0.39, 0.29) is 5.91 Å². The van der Waals surface area contributed by atoms with Crippen LogP contribution in [0.1, 0.15) is 28.5 Å². The number of hydrogen-bond donors (Lipinski definition) is 1. The minimum atomic E-state index is -0.145. The van der Waals surface area contributed by atoms with E-state index in [4.69, 9.17) is 0 Å². The second-order valence-electron chi connectivity index (χ2n) is 6.12. The van der Waals surface area contributed by atoms with Crippen molar-refractivity contribution in [3.8, 4) is 0 Å². The van der Waals surface area contributed by atoms with Gasteiger partial charge in [-0.2, -0.15) is 0 Å². The van der Waals surface area contributed by atoms with Crippen LogP contribution in [0.2, 0.25) is 0 Å². The zero-order valence-corrected chi connectivity index (χ0v) is 15.2. The highest BCUT2D eigenvalue weighted by atomic mass is 16.2. The van der Waals surface area contributed by atoms with Gasteiger partial charge in [0.2, 0.25) is 0 Å². The summed E-state index contributed by atoms with van der Waals surface area (Å²) in [6.45, 7) is 6.55. The van der Waals surface area contributed by atoms with Crippen LogP contribution in [0.5, 0.6) is 0 Å². The van der Waals surface area contributed by atoms with Gasteiger partial charge in [0.15, 0.2) is 0 Å². The number of carbonyl (C=O) groups excluding carboxylic acids is 1.